The largest absolute Gasteiger partial charge is 0.462 e. The summed E-state index contributed by atoms with van der Waals surface area (Å²) in [5.74, 6) is 0.868. The van der Waals surface area contributed by atoms with E-state index in [1.54, 1.807) is 6.92 Å². The van der Waals surface area contributed by atoms with Crippen molar-refractivity contribution in [3.8, 4) is 22.8 Å². The van der Waals surface area contributed by atoms with Crippen molar-refractivity contribution in [2.75, 3.05) is 6.61 Å². The fourth-order valence-electron chi connectivity index (χ4n) is 3.35. The first-order chi connectivity index (χ1) is 15.0. The van der Waals surface area contributed by atoms with Crippen LogP contribution in [0.25, 0.3) is 16.9 Å². The molecule has 2 aromatic heterocycles. The van der Waals surface area contributed by atoms with Crippen molar-refractivity contribution in [3.05, 3.63) is 82.3 Å². The van der Waals surface area contributed by atoms with Gasteiger partial charge in [0.25, 0.3) is 5.56 Å². The highest BCUT2D eigenvalue weighted by molar-refractivity contribution is 5.97. The quantitative estimate of drug-likeness (QED) is 0.456. The molecule has 2 heterocycles. The number of ether oxygens (including phenoxy) is 2. The Balaban J connectivity index is 1.75. The average Bonchev–Trinajstić information content (AvgIpc) is 3.16. The molecule has 7 heteroatoms. The number of carbonyl (C=O) groups is 1. The zero-order valence-corrected chi connectivity index (χ0v) is 17.6. The lowest BCUT2D eigenvalue weighted by molar-refractivity contribution is 0.0526. The van der Waals surface area contributed by atoms with Crippen molar-refractivity contribution in [2.24, 2.45) is 0 Å². The molecule has 0 radical (unpaired) electrons. The van der Waals surface area contributed by atoms with E-state index in [0.717, 1.165) is 11.3 Å². The molecule has 4 aromatic rings. The number of nitrogens with one attached hydrogen (secondary N) is 1. The maximum Gasteiger partial charge on any atom is 0.343 e. The monoisotopic (exact) mass is 417 g/mol. The van der Waals surface area contributed by atoms with Crippen molar-refractivity contribution < 1.29 is 14.3 Å². The van der Waals surface area contributed by atoms with Crippen LogP contribution in [0.5, 0.6) is 11.5 Å². The highest BCUT2D eigenvalue weighted by atomic mass is 16.5. The van der Waals surface area contributed by atoms with E-state index in [4.69, 9.17) is 9.47 Å². The van der Waals surface area contributed by atoms with Gasteiger partial charge in [0.05, 0.1) is 18.0 Å². The molecule has 0 unspecified atom stereocenters. The van der Waals surface area contributed by atoms with Gasteiger partial charge in [-0.15, -0.1) is 0 Å². The van der Waals surface area contributed by atoms with Gasteiger partial charge in [-0.3, -0.25) is 4.79 Å². The molecule has 7 nitrogen and oxygen atoms in total. The number of nitrogens with zero attached hydrogens (tertiary/aromatic N) is 2. The first-order valence-electron chi connectivity index (χ1n) is 10.1. The molecular formula is C24H23N3O4. The predicted octanol–water partition coefficient (Wildman–Crippen LogP) is 4.78. The molecule has 0 bridgehead atoms. The number of carbonyl (C=O) groups excluding carboxylic acids is 1. The first kappa shape index (κ1) is 20.4. The molecule has 158 valence electrons. The minimum atomic E-state index is -0.499. The molecule has 0 spiro atoms. The number of hydrogen-bond donors (Lipinski definition) is 1. The van der Waals surface area contributed by atoms with Gasteiger partial charge in [0.1, 0.15) is 17.1 Å². The second-order valence-corrected chi connectivity index (χ2v) is 7.36. The molecule has 0 saturated heterocycles. The molecule has 0 atom stereocenters. The molecule has 0 fully saturated rings. The van der Waals surface area contributed by atoms with Crippen LogP contribution in [-0.2, 0) is 4.74 Å². The van der Waals surface area contributed by atoms with Crippen LogP contribution in [0.15, 0.2) is 65.5 Å². The summed E-state index contributed by atoms with van der Waals surface area (Å²) >= 11 is 0. The molecule has 2 aromatic carbocycles. The number of fused-ring (bicyclic) bond motifs is 1. The number of benzene rings is 2. The predicted molar refractivity (Wildman–Crippen MR) is 118 cm³/mol. The Bertz CT molecular complexity index is 1270. The lowest BCUT2D eigenvalue weighted by Crippen LogP contribution is -2.15. The molecule has 31 heavy (non-hydrogen) atoms. The summed E-state index contributed by atoms with van der Waals surface area (Å²) in [6, 6.07) is 18.3. The fraction of sp³-hybridized carbons (Fsp3) is 0.208. The zero-order valence-electron chi connectivity index (χ0n) is 17.6. The minimum Gasteiger partial charge on any atom is -0.462 e. The molecule has 1 N–H and O–H groups in total. The van der Waals surface area contributed by atoms with Crippen LogP contribution in [0.1, 0.15) is 42.7 Å². The van der Waals surface area contributed by atoms with Gasteiger partial charge in [-0.1, -0.05) is 32.0 Å². The summed E-state index contributed by atoms with van der Waals surface area (Å²) in [6.07, 6.45) is 0. The maximum atomic E-state index is 12.8. The van der Waals surface area contributed by atoms with Crippen LogP contribution >= 0.6 is 0 Å². The van der Waals surface area contributed by atoms with E-state index in [1.165, 1.54) is 10.6 Å². The second kappa shape index (κ2) is 8.47. The van der Waals surface area contributed by atoms with Crippen molar-refractivity contribution in [1.82, 2.24) is 14.6 Å². The third-order valence-corrected chi connectivity index (χ3v) is 4.81. The number of para-hydroxylation sites is 1. The normalized spacial score (nSPS) is 11.1. The Hall–Kier alpha value is -3.87. The lowest BCUT2D eigenvalue weighted by Gasteiger charge is -2.08. The van der Waals surface area contributed by atoms with Crippen LogP contribution < -0.4 is 10.3 Å². The average molecular weight is 417 g/mol. The van der Waals surface area contributed by atoms with Gasteiger partial charge in [0.15, 0.2) is 5.65 Å². The molecule has 0 aliphatic carbocycles. The Kier molecular flexibility index (Phi) is 5.58. The summed E-state index contributed by atoms with van der Waals surface area (Å²) in [5, 5.41) is 4.36. The molecule has 0 saturated carbocycles. The molecule has 0 aliphatic heterocycles. The van der Waals surface area contributed by atoms with Gasteiger partial charge in [0, 0.05) is 6.07 Å². The smallest absolute Gasteiger partial charge is 0.343 e. The van der Waals surface area contributed by atoms with E-state index in [9.17, 15) is 9.59 Å². The van der Waals surface area contributed by atoms with Crippen LogP contribution in [-0.4, -0.2) is 27.2 Å². The van der Waals surface area contributed by atoms with Gasteiger partial charge in [-0.2, -0.15) is 9.61 Å². The molecule has 0 amide bonds. The number of esters is 1. The Morgan fingerprint density at radius 1 is 1.06 bits per heavy atom. The van der Waals surface area contributed by atoms with Crippen LogP contribution in [0, 0.1) is 0 Å². The highest BCUT2D eigenvalue weighted by Crippen LogP contribution is 2.27. The summed E-state index contributed by atoms with van der Waals surface area (Å²) in [5.41, 5.74) is 2.17. The van der Waals surface area contributed by atoms with Gasteiger partial charge in [-0.05, 0) is 54.8 Å². The summed E-state index contributed by atoms with van der Waals surface area (Å²) in [4.78, 5) is 28.6. The minimum absolute atomic E-state index is 0.0509. The third kappa shape index (κ3) is 4.07. The van der Waals surface area contributed by atoms with Crippen LogP contribution in [0.2, 0.25) is 0 Å². The van der Waals surface area contributed by atoms with E-state index in [2.05, 4.69) is 10.1 Å². The van der Waals surface area contributed by atoms with Crippen molar-refractivity contribution in [3.63, 3.8) is 0 Å². The van der Waals surface area contributed by atoms with E-state index in [-0.39, 0.29) is 18.1 Å². The molecule has 4 rings (SSSR count). The number of H-pyrrole nitrogens is 1. The molecule has 0 aliphatic rings. The standard InChI is InChI=1S/C24H23N3O4/c1-4-30-24(29)21-22(15(2)3)26-27-20(28)14-19(25-23(21)27)16-10-12-18(13-11-16)31-17-8-6-5-7-9-17/h5-15,25H,4H2,1-3H3. The highest BCUT2D eigenvalue weighted by Gasteiger charge is 2.25. The topological polar surface area (TPSA) is 85.7 Å². The number of rotatable bonds is 6. The van der Waals surface area contributed by atoms with E-state index >= 15 is 0 Å². The van der Waals surface area contributed by atoms with Gasteiger partial charge in [-0.25, -0.2) is 4.79 Å². The van der Waals surface area contributed by atoms with Crippen molar-refractivity contribution >= 4 is 11.6 Å². The fourth-order valence-corrected chi connectivity index (χ4v) is 3.35. The number of aromatic nitrogens is 3. The Morgan fingerprint density at radius 3 is 2.39 bits per heavy atom. The Morgan fingerprint density at radius 2 is 1.74 bits per heavy atom. The Labute approximate surface area is 179 Å². The van der Waals surface area contributed by atoms with Gasteiger partial charge < -0.3 is 14.5 Å². The van der Waals surface area contributed by atoms with E-state index < -0.39 is 5.97 Å². The van der Waals surface area contributed by atoms with Crippen molar-refractivity contribution in [2.45, 2.75) is 26.7 Å². The van der Waals surface area contributed by atoms with E-state index in [1.807, 2.05) is 68.4 Å². The third-order valence-electron chi connectivity index (χ3n) is 4.81. The summed E-state index contributed by atoms with van der Waals surface area (Å²) in [7, 11) is 0. The number of aromatic amines is 1. The SMILES string of the molecule is CCOC(=O)c1c(C(C)C)nn2c(=O)cc(-c3ccc(Oc4ccccc4)cc3)[nH]c12. The number of hydrogen-bond acceptors (Lipinski definition) is 5. The van der Waals surface area contributed by atoms with Crippen LogP contribution in [0.3, 0.4) is 0 Å². The van der Waals surface area contributed by atoms with Gasteiger partial charge >= 0.3 is 5.97 Å². The molecular weight excluding hydrogens is 394 g/mol. The first-order valence-corrected chi connectivity index (χ1v) is 10.1. The van der Waals surface area contributed by atoms with Crippen molar-refractivity contribution in [1.29, 1.82) is 0 Å². The zero-order chi connectivity index (χ0) is 22.0. The summed E-state index contributed by atoms with van der Waals surface area (Å²) < 4.78 is 12.3. The second-order valence-electron chi connectivity index (χ2n) is 7.36. The maximum absolute atomic E-state index is 12.8. The van der Waals surface area contributed by atoms with Gasteiger partial charge in [0.2, 0.25) is 0 Å². The van der Waals surface area contributed by atoms with Crippen LogP contribution in [0.4, 0.5) is 0 Å². The lowest BCUT2D eigenvalue weighted by atomic mass is 10.1. The van der Waals surface area contributed by atoms with E-state index in [0.29, 0.717) is 28.3 Å². The summed E-state index contributed by atoms with van der Waals surface area (Å²) in [6.45, 7) is 5.81.